The Labute approximate surface area is 135 Å². The first-order valence-corrected chi connectivity index (χ1v) is 7.74. The Morgan fingerprint density at radius 3 is 2.52 bits per heavy atom. The first-order chi connectivity index (χ1) is 11.2. The highest BCUT2D eigenvalue weighted by atomic mass is 16.5. The second-order valence-electron chi connectivity index (χ2n) is 5.68. The van der Waals surface area contributed by atoms with Crippen molar-refractivity contribution in [1.82, 2.24) is 5.32 Å². The number of rotatable bonds is 4. The number of carbonyl (C=O) groups is 2. The predicted molar refractivity (Wildman–Crippen MR) is 87.1 cm³/mol. The van der Waals surface area contributed by atoms with Gasteiger partial charge in [-0.2, -0.15) is 0 Å². The van der Waals surface area contributed by atoms with Crippen LogP contribution in [0, 0.1) is 0 Å². The number of aryl methyl sites for hydroxylation is 2. The molecule has 0 aromatic heterocycles. The summed E-state index contributed by atoms with van der Waals surface area (Å²) in [5.41, 5.74) is 3.82. The van der Waals surface area contributed by atoms with Crippen LogP contribution in [-0.2, 0) is 22.4 Å². The molecule has 0 heterocycles. The van der Waals surface area contributed by atoms with Crippen LogP contribution in [0.2, 0.25) is 0 Å². The molecule has 118 valence electrons. The van der Waals surface area contributed by atoms with Gasteiger partial charge in [-0.1, -0.05) is 36.4 Å². The molecule has 0 aliphatic heterocycles. The molecule has 4 nitrogen and oxygen atoms in total. The third-order valence-corrected chi connectivity index (χ3v) is 4.21. The predicted octanol–water partition coefficient (Wildman–Crippen LogP) is 2.82. The van der Waals surface area contributed by atoms with Crippen molar-refractivity contribution < 1.29 is 14.3 Å². The van der Waals surface area contributed by atoms with Crippen molar-refractivity contribution in [1.29, 1.82) is 0 Å². The van der Waals surface area contributed by atoms with Gasteiger partial charge in [0.05, 0.1) is 7.11 Å². The van der Waals surface area contributed by atoms with E-state index in [1.807, 2.05) is 36.4 Å². The summed E-state index contributed by atoms with van der Waals surface area (Å²) in [7, 11) is 1.32. The van der Waals surface area contributed by atoms with Crippen LogP contribution in [-0.4, -0.2) is 19.0 Å². The third-order valence-electron chi connectivity index (χ3n) is 4.21. The van der Waals surface area contributed by atoms with Crippen LogP contribution < -0.4 is 5.32 Å². The fraction of sp³-hybridized carbons (Fsp3) is 0.263. The van der Waals surface area contributed by atoms with E-state index in [1.165, 1.54) is 18.2 Å². The molecule has 0 fully saturated rings. The summed E-state index contributed by atoms with van der Waals surface area (Å²) in [6, 6.07) is 14.1. The fourth-order valence-corrected chi connectivity index (χ4v) is 2.97. The summed E-state index contributed by atoms with van der Waals surface area (Å²) >= 11 is 0. The van der Waals surface area contributed by atoms with Crippen molar-refractivity contribution in [2.45, 2.75) is 25.3 Å². The standard InChI is InChI=1S/C19H19NO3/c1-23-19(22)17(14-6-3-2-4-7-14)20-18(21)16-11-10-13-8-5-9-15(13)12-16/h2-4,6-7,10-12,17H,5,8-9H2,1H3,(H,20,21). The molecule has 2 aromatic carbocycles. The number of hydrogen-bond donors (Lipinski definition) is 1. The van der Waals surface area contributed by atoms with Crippen molar-refractivity contribution in [3.8, 4) is 0 Å². The molecule has 3 rings (SSSR count). The fourth-order valence-electron chi connectivity index (χ4n) is 2.97. The molecule has 0 bridgehead atoms. The van der Waals surface area contributed by atoms with E-state index in [-0.39, 0.29) is 5.91 Å². The van der Waals surface area contributed by atoms with Crippen molar-refractivity contribution >= 4 is 11.9 Å². The van der Waals surface area contributed by atoms with Crippen LogP contribution in [0.3, 0.4) is 0 Å². The van der Waals surface area contributed by atoms with E-state index in [0.29, 0.717) is 11.1 Å². The molecule has 2 aromatic rings. The van der Waals surface area contributed by atoms with Crippen molar-refractivity contribution in [3.05, 3.63) is 70.8 Å². The summed E-state index contributed by atoms with van der Waals surface area (Å²) in [5.74, 6) is -0.746. The Balaban J connectivity index is 1.82. The van der Waals surface area contributed by atoms with Gasteiger partial charge in [-0.05, 0) is 48.1 Å². The number of amides is 1. The summed E-state index contributed by atoms with van der Waals surface area (Å²) < 4.78 is 4.82. The lowest BCUT2D eigenvalue weighted by molar-refractivity contribution is -0.143. The van der Waals surface area contributed by atoms with Gasteiger partial charge in [0.25, 0.3) is 5.91 Å². The molecule has 1 aliphatic rings. The van der Waals surface area contributed by atoms with E-state index in [2.05, 4.69) is 5.32 Å². The number of methoxy groups -OCH3 is 1. The molecule has 0 radical (unpaired) electrons. The van der Waals surface area contributed by atoms with Gasteiger partial charge in [-0.25, -0.2) is 4.79 Å². The lowest BCUT2D eigenvalue weighted by Crippen LogP contribution is -2.34. The third kappa shape index (κ3) is 3.26. The lowest BCUT2D eigenvalue weighted by Gasteiger charge is -2.17. The normalized spacial score (nSPS) is 14.0. The van der Waals surface area contributed by atoms with E-state index in [0.717, 1.165) is 19.3 Å². The van der Waals surface area contributed by atoms with Crippen LogP contribution in [0.15, 0.2) is 48.5 Å². The van der Waals surface area contributed by atoms with Gasteiger partial charge in [0, 0.05) is 5.56 Å². The highest BCUT2D eigenvalue weighted by Crippen LogP contribution is 2.23. The summed E-state index contributed by atoms with van der Waals surface area (Å²) in [6.07, 6.45) is 3.22. The number of carbonyl (C=O) groups excluding carboxylic acids is 2. The van der Waals surface area contributed by atoms with Gasteiger partial charge >= 0.3 is 5.97 Å². The molecular formula is C19H19NO3. The molecule has 0 spiro atoms. The minimum Gasteiger partial charge on any atom is -0.467 e. The topological polar surface area (TPSA) is 55.4 Å². The Kier molecular flexibility index (Phi) is 4.42. The first kappa shape index (κ1) is 15.3. The molecule has 1 unspecified atom stereocenters. The zero-order valence-electron chi connectivity index (χ0n) is 13.0. The number of hydrogen-bond acceptors (Lipinski definition) is 3. The van der Waals surface area contributed by atoms with Crippen LogP contribution in [0.25, 0.3) is 0 Å². The first-order valence-electron chi connectivity index (χ1n) is 7.74. The number of fused-ring (bicyclic) bond motifs is 1. The monoisotopic (exact) mass is 309 g/mol. The minimum absolute atomic E-state index is 0.265. The maximum atomic E-state index is 12.5. The molecule has 0 saturated heterocycles. The highest BCUT2D eigenvalue weighted by Gasteiger charge is 2.24. The number of ether oxygens (including phenoxy) is 1. The number of benzene rings is 2. The minimum atomic E-state index is -0.804. The smallest absolute Gasteiger partial charge is 0.333 e. The van der Waals surface area contributed by atoms with E-state index >= 15 is 0 Å². The Bertz CT molecular complexity index is 725. The largest absolute Gasteiger partial charge is 0.467 e. The summed E-state index contributed by atoms with van der Waals surface area (Å²) in [4.78, 5) is 24.6. The zero-order valence-corrected chi connectivity index (χ0v) is 13.0. The molecular weight excluding hydrogens is 290 g/mol. The molecule has 1 N–H and O–H groups in total. The van der Waals surface area contributed by atoms with E-state index in [9.17, 15) is 9.59 Å². The van der Waals surface area contributed by atoms with Crippen LogP contribution >= 0.6 is 0 Å². The van der Waals surface area contributed by atoms with Gasteiger partial charge in [-0.15, -0.1) is 0 Å². The van der Waals surface area contributed by atoms with Crippen LogP contribution in [0.5, 0.6) is 0 Å². The Morgan fingerprint density at radius 2 is 1.78 bits per heavy atom. The molecule has 1 atom stereocenters. The second kappa shape index (κ2) is 6.65. The average Bonchev–Trinajstić information content (AvgIpc) is 3.07. The van der Waals surface area contributed by atoms with E-state index < -0.39 is 12.0 Å². The lowest BCUT2D eigenvalue weighted by atomic mass is 10.0. The molecule has 4 heteroatoms. The molecule has 0 saturated carbocycles. The number of nitrogens with one attached hydrogen (secondary N) is 1. The van der Waals surface area contributed by atoms with E-state index in [4.69, 9.17) is 4.74 Å². The van der Waals surface area contributed by atoms with Crippen LogP contribution in [0.1, 0.15) is 39.5 Å². The summed E-state index contributed by atoms with van der Waals surface area (Å²) in [5, 5.41) is 2.78. The van der Waals surface area contributed by atoms with Gasteiger partial charge in [0.1, 0.15) is 0 Å². The molecule has 1 aliphatic carbocycles. The highest BCUT2D eigenvalue weighted by molar-refractivity contribution is 5.97. The summed E-state index contributed by atoms with van der Waals surface area (Å²) in [6.45, 7) is 0. The Morgan fingerprint density at radius 1 is 1.04 bits per heavy atom. The van der Waals surface area contributed by atoms with Gasteiger partial charge < -0.3 is 10.1 Å². The molecule has 23 heavy (non-hydrogen) atoms. The van der Waals surface area contributed by atoms with Crippen LogP contribution in [0.4, 0.5) is 0 Å². The SMILES string of the molecule is COC(=O)C(NC(=O)c1ccc2c(c1)CCC2)c1ccccc1. The van der Waals surface area contributed by atoms with Crippen molar-refractivity contribution in [2.24, 2.45) is 0 Å². The quantitative estimate of drug-likeness (QED) is 0.884. The Hall–Kier alpha value is -2.62. The van der Waals surface area contributed by atoms with Crippen molar-refractivity contribution in [2.75, 3.05) is 7.11 Å². The zero-order chi connectivity index (χ0) is 16.2. The molecule has 1 amide bonds. The second-order valence-corrected chi connectivity index (χ2v) is 5.68. The van der Waals surface area contributed by atoms with Gasteiger partial charge in [0.2, 0.25) is 0 Å². The van der Waals surface area contributed by atoms with Crippen molar-refractivity contribution in [3.63, 3.8) is 0 Å². The van der Waals surface area contributed by atoms with E-state index in [1.54, 1.807) is 12.1 Å². The number of esters is 1. The average molecular weight is 309 g/mol. The van der Waals surface area contributed by atoms with Gasteiger partial charge in [0.15, 0.2) is 6.04 Å². The van der Waals surface area contributed by atoms with Gasteiger partial charge in [-0.3, -0.25) is 4.79 Å². The maximum Gasteiger partial charge on any atom is 0.333 e. The maximum absolute atomic E-state index is 12.5.